The molecule has 0 bridgehead atoms. The van der Waals surface area contributed by atoms with Gasteiger partial charge in [-0.05, 0) is 41.7 Å². The first-order valence-corrected chi connectivity index (χ1v) is 6.66. The van der Waals surface area contributed by atoms with Crippen LogP contribution in [-0.2, 0) is 6.42 Å². The highest BCUT2D eigenvalue weighted by atomic mass is 16.3. The Hall–Kier alpha value is -1.86. The molecular weight excluding hydrogens is 232 g/mol. The van der Waals surface area contributed by atoms with Crippen molar-refractivity contribution in [1.82, 2.24) is 0 Å². The predicted molar refractivity (Wildman–Crippen MR) is 79.9 cm³/mol. The summed E-state index contributed by atoms with van der Waals surface area (Å²) in [5.41, 5.74) is 5.06. The van der Waals surface area contributed by atoms with Crippen LogP contribution in [0.1, 0.15) is 25.0 Å². The average Bonchev–Trinajstić information content (AvgIpc) is 2.39. The molecule has 1 unspecified atom stereocenters. The molecule has 0 aliphatic heterocycles. The maximum atomic E-state index is 10.7. The molecule has 0 fully saturated rings. The number of aliphatic hydroxyl groups is 1. The van der Waals surface area contributed by atoms with Gasteiger partial charge in [-0.1, -0.05) is 54.6 Å². The average molecular weight is 250 g/mol. The molecule has 0 saturated carbocycles. The molecule has 1 nitrogen and oxygen atoms in total. The topological polar surface area (TPSA) is 20.2 Å². The molecule has 0 spiro atoms. The van der Waals surface area contributed by atoms with Crippen LogP contribution < -0.4 is 0 Å². The van der Waals surface area contributed by atoms with E-state index in [4.69, 9.17) is 0 Å². The fourth-order valence-electron chi connectivity index (χ4n) is 2.70. The van der Waals surface area contributed by atoms with Crippen molar-refractivity contribution in [2.75, 3.05) is 0 Å². The summed E-state index contributed by atoms with van der Waals surface area (Å²) in [6.07, 6.45) is 2.76. The minimum absolute atomic E-state index is 0.653. The van der Waals surface area contributed by atoms with E-state index in [2.05, 4.69) is 42.5 Å². The van der Waals surface area contributed by atoms with Crippen molar-refractivity contribution in [1.29, 1.82) is 0 Å². The zero-order valence-electron chi connectivity index (χ0n) is 11.4. The third-order valence-corrected chi connectivity index (χ3v) is 4.02. The van der Waals surface area contributed by atoms with Gasteiger partial charge in [0.15, 0.2) is 0 Å². The van der Waals surface area contributed by atoms with Crippen LogP contribution in [0.3, 0.4) is 0 Å². The lowest BCUT2D eigenvalue weighted by Crippen LogP contribution is -2.29. The van der Waals surface area contributed by atoms with Gasteiger partial charge in [0.2, 0.25) is 0 Å². The van der Waals surface area contributed by atoms with Gasteiger partial charge >= 0.3 is 0 Å². The third-order valence-electron chi connectivity index (χ3n) is 4.02. The molecule has 1 aliphatic carbocycles. The highest BCUT2D eigenvalue weighted by Crippen LogP contribution is 2.35. The van der Waals surface area contributed by atoms with Crippen molar-refractivity contribution >= 4 is 6.08 Å². The quantitative estimate of drug-likeness (QED) is 0.747. The molecule has 0 amide bonds. The molecule has 0 aromatic heterocycles. The van der Waals surface area contributed by atoms with Crippen LogP contribution in [0.5, 0.6) is 0 Å². The zero-order valence-corrected chi connectivity index (χ0v) is 11.4. The van der Waals surface area contributed by atoms with Gasteiger partial charge in [0.05, 0.1) is 5.60 Å². The number of benzene rings is 2. The number of rotatable bonds is 0. The number of hydrogen-bond acceptors (Lipinski definition) is 1. The maximum Gasteiger partial charge on any atom is 0.0869 e. The van der Waals surface area contributed by atoms with E-state index in [1.165, 1.54) is 22.3 Å². The van der Waals surface area contributed by atoms with E-state index in [1.807, 2.05) is 26.0 Å². The monoisotopic (exact) mass is 250 g/mol. The first kappa shape index (κ1) is 12.2. The normalized spacial score (nSPS) is 24.5. The molecule has 0 radical (unpaired) electrons. The summed E-state index contributed by atoms with van der Waals surface area (Å²) in [6.45, 7) is 3.90. The fraction of sp³-hybridized carbons (Fsp3) is 0.222. The standard InChI is InChI=1S/C18H18O/c1-13-11-14-7-3-5-9-16(14)17-10-6-4-8-15(17)12-18(13,2)19/h3-11,19H,12H2,1-2H3/b13-11-. The maximum absolute atomic E-state index is 10.7. The number of hydrogen-bond donors (Lipinski definition) is 1. The van der Waals surface area contributed by atoms with Crippen LogP contribution in [0, 0.1) is 0 Å². The van der Waals surface area contributed by atoms with Crippen molar-refractivity contribution in [3.63, 3.8) is 0 Å². The highest BCUT2D eigenvalue weighted by Gasteiger charge is 2.26. The Labute approximate surface area is 114 Å². The Morgan fingerprint density at radius 1 is 0.947 bits per heavy atom. The van der Waals surface area contributed by atoms with Gasteiger partial charge in [0, 0.05) is 6.42 Å². The second-order valence-electron chi connectivity index (χ2n) is 5.52. The molecule has 19 heavy (non-hydrogen) atoms. The predicted octanol–water partition coefficient (Wildman–Crippen LogP) is 4.06. The fourth-order valence-corrected chi connectivity index (χ4v) is 2.70. The van der Waals surface area contributed by atoms with Crippen molar-refractivity contribution in [2.24, 2.45) is 0 Å². The zero-order chi connectivity index (χ0) is 13.5. The number of fused-ring (bicyclic) bond motifs is 3. The lowest BCUT2D eigenvalue weighted by Gasteiger charge is -2.28. The summed E-state index contributed by atoms with van der Waals surface area (Å²) in [5.74, 6) is 0. The second kappa shape index (κ2) is 4.36. The van der Waals surface area contributed by atoms with Crippen LogP contribution in [-0.4, -0.2) is 10.7 Å². The van der Waals surface area contributed by atoms with Crippen LogP contribution >= 0.6 is 0 Å². The molecule has 1 N–H and O–H groups in total. The van der Waals surface area contributed by atoms with Crippen LogP contribution in [0.25, 0.3) is 17.2 Å². The van der Waals surface area contributed by atoms with Gasteiger partial charge in [0.1, 0.15) is 0 Å². The van der Waals surface area contributed by atoms with E-state index in [0.29, 0.717) is 6.42 Å². The lowest BCUT2D eigenvalue weighted by atomic mass is 9.81. The third kappa shape index (κ3) is 2.11. The van der Waals surface area contributed by atoms with Crippen LogP contribution in [0.2, 0.25) is 0 Å². The van der Waals surface area contributed by atoms with E-state index in [-0.39, 0.29) is 0 Å². The van der Waals surface area contributed by atoms with Crippen molar-refractivity contribution in [2.45, 2.75) is 25.9 Å². The first-order valence-electron chi connectivity index (χ1n) is 6.66. The molecule has 3 rings (SSSR count). The van der Waals surface area contributed by atoms with E-state index < -0.39 is 5.60 Å². The van der Waals surface area contributed by atoms with E-state index in [0.717, 1.165) is 5.57 Å². The summed E-state index contributed by atoms with van der Waals surface area (Å²) in [5, 5.41) is 10.7. The Bertz CT molecular complexity index is 650. The molecule has 96 valence electrons. The SMILES string of the molecule is C/C1=C/c2ccccc2-c2ccccc2CC1(C)O. The molecule has 1 heteroatoms. The highest BCUT2D eigenvalue weighted by molar-refractivity contribution is 5.79. The second-order valence-corrected chi connectivity index (χ2v) is 5.52. The lowest BCUT2D eigenvalue weighted by molar-refractivity contribution is 0.100. The molecule has 1 aliphatic rings. The Morgan fingerprint density at radius 2 is 1.58 bits per heavy atom. The van der Waals surface area contributed by atoms with Crippen LogP contribution in [0.15, 0.2) is 54.1 Å². The van der Waals surface area contributed by atoms with Crippen molar-refractivity contribution < 1.29 is 5.11 Å². The molecule has 1 atom stereocenters. The molecule has 0 heterocycles. The largest absolute Gasteiger partial charge is 0.385 e. The summed E-state index contributed by atoms with van der Waals surface area (Å²) in [4.78, 5) is 0. The summed E-state index contributed by atoms with van der Waals surface area (Å²) in [7, 11) is 0. The van der Waals surface area contributed by atoms with Gasteiger partial charge in [-0.2, -0.15) is 0 Å². The Morgan fingerprint density at radius 3 is 2.37 bits per heavy atom. The van der Waals surface area contributed by atoms with E-state index in [9.17, 15) is 5.11 Å². The molecule has 2 aromatic rings. The summed E-state index contributed by atoms with van der Waals surface area (Å²) < 4.78 is 0. The van der Waals surface area contributed by atoms with Gasteiger partial charge in [-0.25, -0.2) is 0 Å². The van der Waals surface area contributed by atoms with Gasteiger partial charge in [0.25, 0.3) is 0 Å². The minimum atomic E-state index is -0.788. The first-order chi connectivity index (χ1) is 9.08. The summed E-state index contributed by atoms with van der Waals surface area (Å²) in [6, 6.07) is 16.7. The Balaban J connectivity index is 2.33. The minimum Gasteiger partial charge on any atom is -0.385 e. The summed E-state index contributed by atoms with van der Waals surface area (Å²) >= 11 is 0. The van der Waals surface area contributed by atoms with Crippen molar-refractivity contribution in [3.05, 3.63) is 65.2 Å². The smallest absolute Gasteiger partial charge is 0.0869 e. The molecule has 0 saturated heterocycles. The van der Waals surface area contributed by atoms with Gasteiger partial charge in [-0.15, -0.1) is 0 Å². The van der Waals surface area contributed by atoms with E-state index >= 15 is 0 Å². The van der Waals surface area contributed by atoms with Gasteiger partial charge in [-0.3, -0.25) is 0 Å². The van der Waals surface area contributed by atoms with Gasteiger partial charge < -0.3 is 5.11 Å². The van der Waals surface area contributed by atoms with Crippen LogP contribution in [0.4, 0.5) is 0 Å². The van der Waals surface area contributed by atoms with Crippen molar-refractivity contribution in [3.8, 4) is 11.1 Å². The molecular formula is C18H18O. The Kier molecular flexibility index (Phi) is 2.79. The van der Waals surface area contributed by atoms with E-state index in [1.54, 1.807) is 0 Å². The molecule has 2 aromatic carbocycles.